The average Bonchev–Trinajstić information content (AvgIpc) is 2.77. The van der Waals surface area contributed by atoms with Crippen molar-refractivity contribution in [1.82, 2.24) is 15.8 Å². The monoisotopic (exact) mass is 393 g/mol. The van der Waals surface area contributed by atoms with E-state index in [0.717, 1.165) is 11.3 Å². The van der Waals surface area contributed by atoms with Crippen molar-refractivity contribution in [2.75, 3.05) is 19.7 Å². The molecule has 0 aromatic heterocycles. The molecule has 0 bridgehead atoms. The molecule has 2 heterocycles. The highest BCUT2D eigenvalue weighted by Crippen LogP contribution is 2.30. The van der Waals surface area contributed by atoms with Gasteiger partial charge in [-0.3, -0.25) is 20.0 Å². The van der Waals surface area contributed by atoms with Crippen LogP contribution in [0.25, 0.3) is 5.70 Å². The Bertz CT molecular complexity index is 913. The second-order valence-corrected chi connectivity index (χ2v) is 6.90. The third-order valence-electron chi connectivity index (χ3n) is 4.78. The van der Waals surface area contributed by atoms with Gasteiger partial charge in [0.1, 0.15) is 12.7 Å². The van der Waals surface area contributed by atoms with Crippen LogP contribution in [-0.2, 0) is 9.59 Å². The largest absolute Gasteiger partial charge is 0.486 e. The van der Waals surface area contributed by atoms with Crippen molar-refractivity contribution in [3.63, 3.8) is 0 Å². The minimum absolute atomic E-state index is 0.0573. The summed E-state index contributed by atoms with van der Waals surface area (Å²) in [6, 6.07) is 17.2. The van der Waals surface area contributed by atoms with Gasteiger partial charge in [0.25, 0.3) is 0 Å². The van der Waals surface area contributed by atoms with Crippen molar-refractivity contribution in [2.24, 2.45) is 0 Å². The number of para-hydroxylation sites is 2. The van der Waals surface area contributed by atoms with E-state index in [4.69, 9.17) is 9.47 Å². The van der Waals surface area contributed by atoms with Crippen LogP contribution in [0, 0.1) is 0 Å². The fourth-order valence-electron chi connectivity index (χ4n) is 3.23. The van der Waals surface area contributed by atoms with E-state index in [2.05, 4.69) is 10.7 Å². The summed E-state index contributed by atoms with van der Waals surface area (Å²) in [6.07, 6.45) is 2.14. The molecule has 0 saturated carbocycles. The molecule has 2 aliphatic heterocycles. The first-order chi connectivity index (χ1) is 14.2. The number of hydrazine groups is 1. The molecule has 150 valence electrons. The standard InChI is InChI=1S/C22H23N3O4/c26-21(23-14-17-15-28-19-8-4-5-9-20(19)29-17)12-13-25-22(27)11-10-18(24-25)16-6-2-1-3-7-16/h1-10,17,24H,11-15H2,(H,23,26). The molecule has 4 rings (SSSR count). The van der Waals surface area contributed by atoms with Gasteiger partial charge >= 0.3 is 0 Å². The fraction of sp³-hybridized carbons (Fsp3) is 0.273. The normalized spacial score (nSPS) is 17.9. The van der Waals surface area contributed by atoms with Gasteiger partial charge in [0.15, 0.2) is 11.5 Å². The lowest BCUT2D eigenvalue weighted by atomic mass is 10.1. The van der Waals surface area contributed by atoms with Gasteiger partial charge in [0.05, 0.1) is 18.8 Å². The zero-order valence-corrected chi connectivity index (χ0v) is 16.0. The number of fused-ring (bicyclic) bond motifs is 1. The van der Waals surface area contributed by atoms with Crippen LogP contribution in [-0.4, -0.2) is 42.6 Å². The van der Waals surface area contributed by atoms with Crippen molar-refractivity contribution in [3.8, 4) is 11.5 Å². The van der Waals surface area contributed by atoms with Crippen LogP contribution in [0.4, 0.5) is 0 Å². The Morgan fingerprint density at radius 2 is 1.86 bits per heavy atom. The number of ether oxygens (including phenoxy) is 2. The summed E-state index contributed by atoms with van der Waals surface area (Å²) in [5, 5.41) is 4.35. The summed E-state index contributed by atoms with van der Waals surface area (Å²) in [5.41, 5.74) is 4.99. The van der Waals surface area contributed by atoms with Crippen LogP contribution >= 0.6 is 0 Å². The molecule has 29 heavy (non-hydrogen) atoms. The van der Waals surface area contributed by atoms with Crippen molar-refractivity contribution in [3.05, 3.63) is 66.2 Å². The molecule has 0 saturated heterocycles. The quantitative estimate of drug-likeness (QED) is 0.786. The molecule has 0 radical (unpaired) electrons. The Kier molecular flexibility index (Phi) is 5.65. The Labute approximate surface area is 169 Å². The molecule has 7 heteroatoms. The molecule has 2 aromatic rings. The number of amides is 2. The van der Waals surface area contributed by atoms with Gasteiger partial charge in [-0.1, -0.05) is 42.5 Å². The van der Waals surface area contributed by atoms with E-state index < -0.39 is 0 Å². The molecular formula is C22H23N3O4. The first-order valence-electron chi connectivity index (χ1n) is 9.67. The first-order valence-corrected chi connectivity index (χ1v) is 9.67. The Hall–Kier alpha value is -3.48. The second kappa shape index (κ2) is 8.68. The molecule has 2 amide bonds. The second-order valence-electron chi connectivity index (χ2n) is 6.90. The van der Waals surface area contributed by atoms with E-state index in [1.54, 1.807) is 0 Å². The van der Waals surface area contributed by atoms with Crippen molar-refractivity contribution < 1.29 is 19.1 Å². The zero-order chi connectivity index (χ0) is 20.1. The number of carbonyl (C=O) groups is 2. The van der Waals surface area contributed by atoms with Gasteiger partial charge < -0.3 is 14.8 Å². The SMILES string of the molecule is O=C(CCN1NC(c2ccccc2)=CCC1=O)NCC1COc2ccccc2O1. The maximum atomic E-state index is 12.2. The molecule has 0 spiro atoms. The van der Waals surface area contributed by atoms with Gasteiger partial charge in [-0.15, -0.1) is 0 Å². The van der Waals surface area contributed by atoms with Gasteiger partial charge in [0.2, 0.25) is 11.8 Å². The third kappa shape index (κ3) is 4.68. The highest BCUT2D eigenvalue weighted by molar-refractivity contribution is 5.84. The highest BCUT2D eigenvalue weighted by Gasteiger charge is 2.23. The molecule has 2 aliphatic rings. The summed E-state index contributed by atoms with van der Waals surface area (Å²) in [7, 11) is 0. The summed E-state index contributed by atoms with van der Waals surface area (Å²) in [5.74, 6) is 1.20. The average molecular weight is 393 g/mol. The van der Waals surface area contributed by atoms with Crippen LogP contribution in [0.2, 0.25) is 0 Å². The fourth-order valence-corrected chi connectivity index (χ4v) is 3.23. The molecule has 2 N–H and O–H groups in total. The number of rotatable bonds is 6. The maximum Gasteiger partial charge on any atom is 0.244 e. The molecule has 0 aliphatic carbocycles. The first kappa shape index (κ1) is 18.9. The van der Waals surface area contributed by atoms with E-state index in [1.165, 1.54) is 5.01 Å². The number of nitrogens with one attached hydrogen (secondary N) is 2. The number of nitrogens with zero attached hydrogens (tertiary/aromatic N) is 1. The van der Waals surface area contributed by atoms with Crippen LogP contribution in [0.3, 0.4) is 0 Å². The summed E-state index contributed by atoms with van der Waals surface area (Å²) < 4.78 is 11.5. The molecule has 2 aromatic carbocycles. The van der Waals surface area contributed by atoms with E-state index >= 15 is 0 Å². The van der Waals surface area contributed by atoms with Gasteiger partial charge in [-0.25, -0.2) is 0 Å². The van der Waals surface area contributed by atoms with E-state index in [1.807, 2.05) is 60.7 Å². The minimum atomic E-state index is -0.240. The molecule has 0 fully saturated rings. The molecule has 1 atom stereocenters. The van der Waals surface area contributed by atoms with Crippen molar-refractivity contribution in [2.45, 2.75) is 18.9 Å². The van der Waals surface area contributed by atoms with Gasteiger partial charge in [0, 0.05) is 12.8 Å². The number of hydrogen-bond acceptors (Lipinski definition) is 5. The predicted octanol–water partition coefficient (Wildman–Crippen LogP) is 2.11. The van der Waals surface area contributed by atoms with E-state index in [0.29, 0.717) is 37.6 Å². The van der Waals surface area contributed by atoms with Crippen LogP contribution < -0.4 is 20.2 Å². The molecular weight excluding hydrogens is 370 g/mol. The topological polar surface area (TPSA) is 79.9 Å². The highest BCUT2D eigenvalue weighted by atomic mass is 16.6. The Morgan fingerprint density at radius 3 is 2.69 bits per heavy atom. The summed E-state index contributed by atoms with van der Waals surface area (Å²) in [6.45, 7) is 1.03. The molecule has 7 nitrogen and oxygen atoms in total. The Balaban J connectivity index is 1.23. The van der Waals surface area contributed by atoms with Gasteiger partial charge in [-0.2, -0.15) is 0 Å². The minimum Gasteiger partial charge on any atom is -0.486 e. The Morgan fingerprint density at radius 1 is 1.10 bits per heavy atom. The third-order valence-corrected chi connectivity index (χ3v) is 4.78. The van der Waals surface area contributed by atoms with Crippen LogP contribution in [0.15, 0.2) is 60.7 Å². The van der Waals surface area contributed by atoms with Crippen LogP contribution in [0.1, 0.15) is 18.4 Å². The number of carbonyl (C=O) groups excluding carboxylic acids is 2. The van der Waals surface area contributed by atoms with Gasteiger partial charge in [-0.05, 0) is 23.8 Å². The van der Waals surface area contributed by atoms with Crippen molar-refractivity contribution in [1.29, 1.82) is 0 Å². The summed E-state index contributed by atoms with van der Waals surface area (Å²) >= 11 is 0. The van der Waals surface area contributed by atoms with Crippen molar-refractivity contribution >= 4 is 17.5 Å². The number of benzene rings is 2. The lowest BCUT2D eigenvalue weighted by molar-refractivity contribution is -0.133. The zero-order valence-electron chi connectivity index (χ0n) is 16.0. The summed E-state index contributed by atoms with van der Waals surface area (Å²) in [4.78, 5) is 24.4. The lowest BCUT2D eigenvalue weighted by Gasteiger charge is -2.29. The molecule has 1 unspecified atom stereocenters. The van der Waals surface area contributed by atoms with E-state index in [9.17, 15) is 9.59 Å². The lowest BCUT2D eigenvalue weighted by Crippen LogP contribution is -2.46. The van der Waals surface area contributed by atoms with Crippen LogP contribution in [0.5, 0.6) is 11.5 Å². The maximum absolute atomic E-state index is 12.2. The van der Waals surface area contributed by atoms with E-state index in [-0.39, 0.29) is 24.3 Å². The predicted molar refractivity (Wildman–Crippen MR) is 108 cm³/mol. The smallest absolute Gasteiger partial charge is 0.244 e. The number of hydrogen-bond donors (Lipinski definition) is 2.